The lowest BCUT2D eigenvalue weighted by molar-refractivity contribution is 0.0584. The van der Waals surface area contributed by atoms with Gasteiger partial charge in [-0.25, -0.2) is 0 Å². The van der Waals surface area contributed by atoms with Gasteiger partial charge in [0.2, 0.25) is 0 Å². The minimum absolute atomic E-state index is 0.0505. The molecule has 1 amide bonds. The molecule has 1 aliphatic heterocycles. The summed E-state index contributed by atoms with van der Waals surface area (Å²) in [4.78, 5) is 14.5. The van der Waals surface area contributed by atoms with Crippen molar-refractivity contribution < 1.29 is 4.79 Å². The minimum Gasteiger partial charge on any atom is -0.334 e. The van der Waals surface area contributed by atoms with Crippen molar-refractivity contribution in [2.45, 2.75) is 38.3 Å². The lowest BCUT2D eigenvalue weighted by atomic mass is 9.96. The van der Waals surface area contributed by atoms with Crippen molar-refractivity contribution in [2.75, 3.05) is 6.54 Å². The van der Waals surface area contributed by atoms with Crippen LogP contribution in [0.5, 0.6) is 0 Å². The number of likely N-dealkylation sites (tertiary alicyclic amines) is 1. The third-order valence-corrected chi connectivity index (χ3v) is 4.22. The van der Waals surface area contributed by atoms with Crippen molar-refractivity contribution in [3.8, 4) is 0 Å². The summed E-state index contributed by atoms with van der Waals surface area (Å²) in [5, 5.41) is 0.790. The van der Waals surface area contributed by atoms with E-state index in [1.54, 1.807) is 18.2 Å². The quantitative estimate of drug-likeness (QED) is 0.910. The molecule has 104 valence electrons. The summed E-state index contributed by atoms with van der Waals surface area (Å²) in [6, 6.07) is 5.12. The molecular weight excluding hydrogens is 283 g/mol. The van der Waals surface area contributed by atoms with Crippen LogP contribution in [0, 0.1) is 0 Å². The Hall–Kier alpha value is -0.770. The van der Waals surface area contributed by atoms with Crippen LogP contribution in [-0.4, -0.2) is 29.4 Å². The largest absolute Gasteiger partial charge is 0.334 e. The zero-order valence-corrected chi connectivity index (χ0v) is 12.4. The molecule has 19 heavy (non-hydrogen) atoms. The third kappa shape index (κ3) is 3.04. The Balaban J connectivity index is 2.32. The third-order valence-electron chi connectivity index (χ3n) is 3.59. The fourth-order valence-corrected chi connectivity index (χ4v) is 3.16. The first kappa shape index (κ1) is 14.6. The van der Waals surface area contributed by atoms with E-state index in [-0.39, 0.29) is 18.0 Å². The van der Waals surface area contributed by atoms with Crippen molar-refractivity contribution >= 4 is 29.1 Å². The summed E-state index contributed by atoms with van der Waals surface area (Å²) in [7, 11) is 0. The van der Waals surface area contributed by atoms with Gasteiger partial charge in [-0.2, -0.15) is 0 Å². The van der Waals surface area contributed by atoms with E-state index in [9.17, 15) is 4.79 Å². The summed E-state index contributed by atoms with van der Waals surface area (Å²) < 4.78 is 0. The summed E-state index contributed by atoms with van der Waals surface area (Å²) in [6.45, 7) is 2.65. The Labute approximate surface area is 123 Å². The molecule has 0 bridgehead atoms. The van der Waals surface area contributed by atoms with Gasteiger partial charge < -0.3 is 10.6 Å². The predicted molar refractivity (Wildman–Crippen MR) is 78.8 cm³/mol. The van der Waals surface area contributed by atoms with Crippen molar-refractivity contribution in [1.82, 2.24) is 4.90 Å². The number of carbonyl (C=O) groups is 1. The maximum Gasteiger partial charge on any atom is 0.257 e. The van der Waals surface area contributed by atoms with E-state index in [0.29, 0.717) is 22.2 Å². The van der Waals surface area contributed by atoms with Gasteiger partial charge in [0.1, 0.15) is 0 Å². The van der Waals surface area contributed by atoms with E-state index in [0.717, 1.165) is 19.3 Å². The molecule has 1 aliphatic rings. The molecule has 2 atom stereocenters. The van der Waals surface area contributed by atoms with Gasteiger partial charge in [-0.15, -0.1) is 0 Å². The zero-order valence-electron chi connectivity index (χ0n) is 10.9. The smallest absolute Gasteiger partial charge is 0.257 e. The zero-order chi connectivity index (χ0) is 14.0. The molecule has 1 aromatic carbocycles. The number of rotatable bonds is 2. The van der Waals surface area contributed by atoms with E-state index in [4.69, 9.17) is 28.9 Å². The van der Waals surface area contributed by atoms with Crippen molar-refractivity contribution in [3.63, 3.8) is 0 Å². The van der Waals surface area contributed by atoms with E-state index in [1.165, 1.54) is 0 Å². The number of halogens is 2. The average molecular weight is 301 g/mol. The number of nitrogens with two attached hydrogens (primary N) is 1. The second-order valence-corrected chi connectivity index (χ2v) is 5.83. The molecule has 0 radical (unpaired) electrons. The first-order chi connectivity index (χ1) is 9.02. The lowest BCUT2D eigenvalue weighted by Gasteiger charge is -2.38. The fourth-order valence-electron chi connectivity index (χ4n) is 2.60. The number of benzene rings is 1. The topological polar surface area (TPSA) is 46.3 Å². The summed E-state index contributed by atoms with van der Waals surface area (Å²) >= 11 is 12.2. The molecule has 1 saturated heterocycles. The Bertz CT molecular complexity index is 456. The molecule has 2 unspecified atom stereocenters. The van der Waals surface area contributed by atoms with Crippen LogP contribution >= 0.6 is 23.2 Å². The molecule has 0 aromatic heterocycles. The Morgan fingerprint density at radius 1 is 1.37 bits per heavy atom. The summed E-state index contributed by atoms with van der Waals surface area (Å²) in [5.41, 5.74) is 6.38. The van der Waals surface area contributed by atoms with E-state index in [2.05, 4.69) is 0 Å². The van der Waals surface area contributed by atoms with Crippen LogP contribution < -0.4 is 5.73 Å². The molecule has 0 aliphatic carbocycles. The standard InChI is InChI=1S/C14H18Cl2N2O/c1-9(17)12-7-2-3-8-18(12)14(19)13-10(15)5-4-6-11(13)16/h4-6,9,12H,2-3,7-8,17H2,1H3. The van der Waals surface area contributed by atoms with Crippen molar-refractivity contribution in [2.24, 2.45) is 5.73 Å². The molecule has 0 saturated carbocycles. The second kappa shape index (κ2) is 6.12. The number of hydrogen-bond acceptors (Lipinski definition) is 2. The second-order valence-electron chi connectivity index (χ2n) is 5.02. The number of hydrogen-bond donors (Lipinski definition) is 1. The summed E-state index contributed by atoms with van der Waals surface area (Å²) in [5.74, 6) is -0.113. The van der Waals surface area contributed by atoms with E-state index < -0.39 is 0 Å². The predicted octanol–water partition coefficient (Wildman–Crippen LogP) is 3.34. The molecule has 2 N–H and O–H groups in total. The van der Waals surface area contributed by atoms with Gasteiger partial charge in [-0.05, 0) is 38.3 Å². The van der Waals surface area contributed by atoms with Crippen LogP contribution in [0.1, 0.15) is 36.5 Å². The first-order valence-corrected chi connectivity index (χ1v) is 7.28. The number of amides is 1. The lowest BCUT2D eigenvalue weighted by Crippen LogP contribution is -2.51. The van der Waals surface area contributed by atoms with Gasteiger partial charge >= 0.3 is 0 Å². The van der Waals surface area contributed by atoms with Crippen molar-refractivity contribution in [3.05, 3.63) is 33.8 Å². The maximum atomic E-state index is 12.7. The van der Waals surface area contributed by atoms with Gasteiger partial charge in [0, 0.05) is 18.6 Å². The highest BCUT2D eigenvalue weighted by atomic mass is 35.5. The Morgan fingerprint density at radius 2 is 2.00 bits per heavy atom. The number of piperidine rings is 1. The van der Waals surface area contributed by atoms with Gasteiger partial charge in [-0.1, -0.05) is 29.3 Å². The van der Waals surface area contributed by atoms with Gasteiger partial charge in [-0.3, -0.25) is 4.79 Å². The highest BCUT2D eigenvalue weighted by Crippen LogP contribution is 2.29. The van der Waals surface area contributed by atoms with Crippen LogP contribution in [-0.2, 0) is 0 Å². The van der Waals surface area contributed by atoms with Crippen LogP contribution in [0.2, 0.25) is 10.0 Å². The average Bonchev–Trinajstić information content (AvgIpc) is 2.38. The fraction of sp³-hybridized carbons (Fsp3) is 0.500. The molecule has 1 heterocycles. The normalized spacial score (nSPS) is 21.3. The van der Waals surface area contributed by atoms with Crippen LogP contribution in [0.25, 0.3) is 0 Å². The van der Waals surface area contributed by atoms with Crippen LogP contribution in [0.3, 0.4) is 0 Å². The highest BCUT2D eigenvalue weighted by molar-refractivity contribution is 6.39. The molecule has 2 rings (SSSR count). The van der Waals surface area contributed by atoms with E-state index >= 15 is 0 Å². The maximum absolute atomic E-state index is 12.7. The first-order valence-electron chi connectivity index (χ1n) is 6.53. The number of nitrogens with zero attached hydrogens (tertiary/aromatic N) is 1. The van der Waals surface area contributed by atoms with Gasteiger partial charge in [0.15, 0.2) is 0 Å². The summed E-state index contributed by atoms with van der Waals surface area (Å²) in [6.07, 6.45) is 3.04. The van der Waals surface area contributed by atoms with Crippen LogP contribution in [0.4, 0.5) is 0 Å². The molecule has 0 spiro atoms. The Morgan fingerprint density at radius 3 is 2.58 bits per heavy atom. The molecule has 5 heteroatoms. The molecule has 3 nitrogen and oxygen atoms in total. The minimum atomic E-state index is -0.113. The Kier molecular flexibility index (Phi) is 4.71. The molecule has 1 aromatic rings. The number of carbonyl (C=O) groups excluding carboxylic acids is 1. The van der Waals surface area contributed by atoms with Gasteiger partial charge in [0.25, 0.3) is 5.91 Å². The van der Waals surface area contributed by atoms with Gasteiger partial charge in [0.05, 0.1) is 15.6 Å². The SMILES string of the molecule is CC(N)C1CCCCN1C(=O)c1c(Cl)cccc1Cl. The highest BCUT2D eigenvalue weighted by Gasteiger charge is 2.31. The van der Waals surface area contributed by atoms with Crippen molar-refractivity contribution in [1.29, 1.82) is 0 Å². The molecular formula is C14H18Cl2N2O. The van der Waals surface area contributed by atoms with E-state index in [1.807, 2.05) is 11.8 Å². The molecule has 1 fully saturated rings. The monoisotopic (exact) mass is 300 g/mol. The van der Waals surface area contributed by atoms with Crippen LogP contribution in [0.15, 0.2) is 18.2 Å².